The molecule has 1 saturated heterocycles. The first-order valence-electron chi connectivity index (χ1n) is 12.0. The van der Waals surface area contributed by atoms with Gasteiger partial charge in [0.15, 0.2) is 0 Å². The average molecular weight is 407 g/mol. The molecule has 31 heavy (non-hydrogen) atoms. The molecule has 0 saturated carbocycles. The van der Waals surface area contributed by atoms with Gasteiger partial charge in [-0.1, -0.05) is 60.7 Å². The zero-order chi connectivity index (χ0) is 21.0. The number of rotatable bonds is 0. The van der Waals surface area contributed by atoms with Crippen LogP contribution in [0.1, 0.15) is 47.9 Å². The number of hydrogen-bond donors (Lipinski definition) is 0. The molecule has 1 fully saturated rings. The topological polar surface area (TPSA) is 0 Å². The van der Waals surface area contributed by atoms with Crippen molar-refractivity contribution in [2.24, 2.45) is 0 Å². The number of nitrogens with zero attached hydrogens (tertiary/aromatic N) is 1. The normalized spacial score (nSPS) is 17.9. The zero-order valence-electron chi connectivity index (χ0n) is 18.9. The lowest BCUT2D eigenvalue weighted by molar-refractivity contribution is -0.952. The molecule has 0 amide bonds. The highest BCUT2D eigenvalue weighted by Crippen LogP contribution is 2.46. The highest BCUT2D eigenvalue weighted by molar-refractivity contribution is 6.08. The van der Waals surface area contributed by atoms with Gasteiger partial charge >= 0.3 is 0 Å². The standard InChI is InChI=1S/C30H32N/c1-21-17-23-11-5-7-13-25(23)29-27(21)19-31(15-9-3-4-10-16-31)20-28-22(2)18-24-12-6-8-14-26(24)30(28)29/h5-8,11-14,17-18H,3-4,9-10,15-16,19-20H2,1-2H3/q+1. The maximum Gasteiger partial charge on any atom is 0.106 e. The molecule has 0 N–H and O–H groups in total. The van der Waals surface area contributed by atoms with Gasteiger partial charge in [0.05, 0.1) is 13.1 Å². The van der Waals surface area contributed by atoms with E-state index in [-0.39, 0.29) is 0 Å². The molecule has 1 nitrogen and oxygen atoms in total. The summed E-state index contributed by atoms with van der Waals surface area (Å²) in [5.74, 6) is 0. The third-order valence-electron chi connectivity index (χ3n) is 8.01. The lowest BCUT2D eigenvalue weighted by Crippen LogP contribution is -2.47. The molecule has 4 aromatic rings. The minimum Gasteiger partial charge on any atom is -0.316 e. The Balaban J connectivity index is 1.78. The fourth-order valence-electron chi connectivity index (χ4n) is 6.44. The van der Waals surface area contributed by atoms with Crippen LogP contribution in [-0.4, -0.2) is 17.6 Å². The van der Waals surface area contributed by atoms with Crippen LogP contribution in [0.2, 0.25) is 0 Å². The lowest BCUT2D eigenvalue weighted by atomic mass is 9.85. The Morgan fingerprint density at radius 2 is 1.03 bits per heavy atom. The maximum atomic E-state index is 2.44. The van der Waals surface area contributed by atoms with Gasteiger partial charge in [-0.05, 0) is 83.3 Å². The van der Waals surface area contributed by atoms with E-state index in [0.29, 0.717) is 0 Å². The van der Waals surface area contributed by atoms with Gasteiger partial charge in [0.2, 0.25) is 0 Å². The van der Waals surface area contributed by atoms with Crippen molar-refractivity contribution in [3.05, 3.63) is 82.9 Å². The minimum atomic E-state index is 1.18. The molecule has 0 bridgehead atoms. The summed E-state index contributed by atoms with van der Waals surface area (Å²) in [5.41, 5.74) is 9.16. The Bertz CT molecular complexity index is 1210. The van der Waals surface area contributed by atoms with Crippen molar-refractivity contribution in [1.29, 1.82) is 0 Å². The summed E-state index contributed by atoms with van der Waals surface area (Å²) in [6, 6.07) is 23.0. The van der Waals surface area contributed by atoms with Crippen LogP contribution < -0.4 is 0 Å². The van der Waals surface area contributed by atoms with Crippen LogP contribution in [0.4, 0.5) is 0 Å². The minimum absolute atomic E-state index is 1.18. The Kier molecular flexibility index (Phi) is 4.43. The van der Waals surface area contributed by atoms with Crippen LogP contribution in [0.3, 0.4) is 0 Å². The molecular formula is C30H32N+. The van der Waals surface area contributed by atoms with E-state index in [1.165, 1.54) is 100 Å². The summed E-state index contributed by atoms with van der Waals surface area (Å²) in [7, 11) is 0. The van der Waals surface area contributed by atoms with Gasteiger partial charge in [0.1, 0.15) is 13.1 Å². The fourth-order valence-corrected chi connectivity index (χ4v) is 6.44. The van der Waals surface area contributed by atoms with Crippen molar-refractivity contribution in [2.45, 2.75) is 52.6 Å². The molecule has 4 aromatic carbocycles. The molecule has 0 aromatic heterocycles. The predicted molar refractivity (Wildman–Crippen MR) is 132 cm³/mol. The van der Waals surface area contributed by atoms with E-state index in [1.807, 2.05) is 0 Å². The van der Waals surface area contributed by atoms with Gasteiger partial charge in [-0.2, -0.15) is 0 Å². The van der Waals surface area contributed by atoms with E-state index >= 15 is 0 Å². The number of hydrogen-bond acceptors (Lipinski definition) is 0. The fraction of sp³-hybridized carbons (Fsp3) is 0.333. The average Bonchev–Trinajstić information content (AvgIpc) is 3.09. The smallest absolute Gasteiger partial charge is 0.106 e. The molecule has 0 radical (unpaired) electrons. The van der Waals surface area contributed by atoms with Gasteiger partial charge in [-0.25, -0.2) is 0 Å². The van der Waals surface area contributed by atoms with Crippen LogP contribution in [0.5, 0.6) is 0 Å². The first-order chi connectivity index (χ1) is 15.2. The monoisotopic (exact) mass is 406 g/mol. The summed E-state index contributed by atoms with van der Waals surface area (Å²) >= 11 is 0. The van der Waals surface area contributed by atoms with E-state index < -0.39 is 0 Å². The Morgan fingerprint density at radius 3 is 1.52 bits per heavy atom. The largest absolute Gasteiger partial charge is 0.316 e. The summed E-state index contributed by atoms with van der Waals surface area (Å²) in [5, 5.41) is 5.60. The Morgan fingerprint density at radius 1 is 0.581 bits per heavy atom. The number of benzene rings is 4. The molecule has 2 heterocycles. The SMILES string of the molecule is Cc1cc2ccccc2c2c1C[N+]1(CCCCCC1)Cc1c(C)cc3ccccc3c1-2. The van der Waals surface area contributed by atoms with Crippen LogP contribution in [0, 0.1) is 13.8 Å². The zero-order valence-corrected chi connectivity index (χ0v) is 18.9. The molecule has 156 valence electrons. The van der Waals surface area contributed by atoms with Crippen LogP contribution in [0.25, 0.3) is 32.7 Å². The van der Waals surface area contributed by atoms with Crippen LogP contribution >= 0.6 is 0 Å². The second kappa shape index (κ2) is 7.21. The first kappa shape index (κ1) is 19.1. The van der Waals surface area contributed by atoms with Crippen molar-refractivity contribution in [3.63, 3.8) is 0 Å². The number of aryl methyl sites for hydroxylation is 2. The van der Waals surface area contributed by atoms with Crippen molar-refractivity contribution in [2.75, 3.05) is 13.1 Å². The van der Waals surface area contributed by atoms with Gasteiger partial charge in [0, 0.05) is 11.1 Å². The molecule has 1 spiro atoms. The molecule has 2 aliphatic heterocycles. The van der Waals surface area contributed by atoms with Crippen molar-refractivity contribution < 1.29 is 4.48 Å². The summed E-state index contributed by atoms with van der Waals surface area (Å²) < 4.78 is 1.23. The second-order valence-electron chi connectivity index (χ2n) is 10.1. The van der Waals surface area contributed by atoms with Crippen molar-refractivity contribution in [3.8, 4) is 11.1 Å². The predicted octanol–water partition coefficient (Wildman–Crippen LogP) is 7.68. The van der Waals surface area contributed by atoms with E-state index in [4.69, 9.17) is 0 Å². The van der Waals surface area contributed by atoms with Crippen LogP contribution in [-0.2, 0) is 13.1 Å². The second-order valence-corrected chi connectivity index (χ2v) is 10.1. The maximum absolute atomic E-state index is 2.44. The van der Waals surface area contributed by atoms with E-state index in [2.05, 4.69) is 74.5 Å². The molecule has 2 aliphatic rings. The molecule has 0 atom stereocenters. The summed E-state index contributed by atoms with van der Waals surface area (Å²) in [4.78, 5) is 0. The van der Waals surface area contributed by atoms with Crippen LogP contribution in [0.15, 0.2) is 60.7 Å². The first-order valence-corrected chi connectivity index (χ1v) is 12.0. The van der Waals surface area contributed by atoms with Gasteiger partial charge in [-0.15, -0.1) is 0 Å². The van der Waals surface area contributed by atoms with E-state index in [9.17, 15) is 0 Å². The Labute approximate surface area is 185 Å². The molecule has 1 heteroatoms. The highest BCUT2D eigenvalue weighted by atomic mass is 15.4. The quantitative estimate of drug-likeness (QED) is 0.263. The van der Waals surface area contributed by atoms with Crippen molar-refractivity contribution in [1.82, 2.24) is 0 Å². The third-order valence-corrected chi connectivity index (χ3v) is 8.01. The molecule has 6 rings (SSSR count). The summed E-state index contributed by atoms with van der Waals surface area (Å²) in [6.07, 6.45) is 5.52. The van der Waals surface area contributed by atoms with Crippen molar-refractivity contribution >= 4 is 21.5 Å². The van der Waals surface area contributed by atoms with Gasteiger partial charge in [0.25, 0.3) is 0 Å². The van der Waals surface area contributed by atoms with E-state index in [0.717, 1.165) is 0 Å². The number of fused-ring (bicyclic) bond motifs is 7. The third kappa shape index (κ3) is 3.02. The van der Waals surface area contributed by atoms with Gasteiger partial charge < -0.3 is 4.48 Å². The van der Waals surface area contributed by atoms with E-state index in [1.54, 1.807) is 11.1 Å². The lowest BCUT2D eigenvalue weighted by Gasteiger charge is -2.38. The molecular weight excluding hydrogens is 374 g/mol. The molecule has 0 unspecified atom stereocenters. The molecule has 0 aliphatic carbocycles. The van der Waals surface area contributed by atoms with Gasteiger partial charge in [-0.3, -0.25) is 0 Å². The highest BCUT2D eigenvalue weighted by Gasteiger charge is 2.36. The Hall–Kier alpha value is -2.64. The summed E-state index contributed by atoms with van der Waals surface area (Å²) in [6.45, 7) is 9.68. The number of quaternary nitrogens is 1.